The summed E-state index contributed by atoms with van der Waals surface area (Å²) >= 11 is 0. The number of carbonyl (C=O) groups excluding carboxylic acids is 1. The first-order chi connectivity index (χ1) is 9.22. The average Bonchev–Trinajstić information content (AvgIpc) is 2.79. The van der Waals surface area contributed by atoms with Crippen LogP contribution in [0.15, 0.2) is 47.3 Å². The van der Waals surface area contributed by atoms with E-state index < -0.39 is 11.9 Å². The highest BCUT2D eigenvalue weighted by Gasteiger charge is 2.41. The third-order valence-corrected chi connectivity index (χ3v) is 3.07. The zero-order valence-corrected chi connectivity index (χ0v) is 9.79. The number of esters is 1. The molecule has 0 radical (unpaired) electrons. The molecule has 0 bridgehead atoms. The van der Waals surface area contributed by atoms with E-state index in [1.54, 1.807) is 24.5 Å². The van der Waals surface area contributed by atoms with Gasteiger partial charge in [0.1, 0.15) is 18.2 Å². The van der Waals surface area contributed by atoms with Crippen molar-refractivity contribution in [2.45, 2.75) is 5.92 Å². The van der Waals surface area contributed by atoms with E-state index in [-0.39, 0.29) is 18.1 Å². The Morgan fingerprint density at radius 3 is 3.05 bits per heavy atom. The molecule has 1 aromatic rings. The van der Waals surface area contributed by atoms with Gasteiger partial charge in [-0.2, -0.15) is 5.26 Å². The average molecular weight is 255 g/mol. The van der Waals surface area contributed by atoms with Crippen molar-refractivity contribution in [1.82, 2.24) is 4.98 Å². The van der Waals surface area contributed by atoms with Crippen LogP contribution in [-0.2, 0) is 14.3 Å². The van der Waals surface area contributed by atoms with E-state index in [1.165, 1.54) is 0 Å². The van der Waals surface area contributed by atoms with E-state index in [0.717, 1.165) is 0 Å². The Labute approximate surface area is 108 Å². The summed E-state index contributed by atoms with van der Waals surface area (Å²) in [6, 6.07) is 5.51. The summed E-state index contributed by atoms with van der Waals surface area (Å²) in [7, 11) is 0. The topological polar surface area (TPSA) is 98.2 Å². The third-order valence-electron chi connectivity index (χ3n) is 3.07. The number of ether oxygens (including phenoxy) is 2. The molecule has 94 valence electrons. The van der Waals surface area contributed by atoms with Gasteiger partial charge in [-0.05, 0) is 11.6 Å². The van der Waals surface area contributed by atoms with E-state index in [1.807, 2.05) is 6.07 Å². The largest absolute Gasteiger partial charge is 0.454 e. The second kappa shape index (κ2) is 4.14. The van der Waals surface area contributed by atoms with Gasteiger partial charge in [-0.15, -0.1) is 0 Å². The smallest absolute Gasteiger partial charge is 0.339 e. The number of aromatic nitrogens is 1. The van der Waals surface area contributed by atoms with Crippen molar-refractivity contribution in [3.8, 4) is 6.07 Å². The van der Waals surface area contributed by atoms with Crippen LogP contribution >= 0.6 is 0 Å². The Bertz CT molecular complexity index is 655. The van der Waals surface area contributed by atoms with Crippen LogP contribution in [0, 0.1) is 11.3 Å². The molecule has 0 aromatic carbocycles. The number of hydrogen-bond donors (Lipinski definition) is 1. The normalized spacial score (nSPS) is 21.6. The summed E-state index contributed by atoms with van der Waals surface area (Å²) in [5.74, 6) is -0.676. The van der Waals surface area contributed by atoms with E-state index in [4.69, 9.17) is 15.2 Å². The molecule has 2 aliphatic rings. The molecule has 2 N–H and O–H groups in total. The first-order valence-electron chi connectivity index (χ1n) is 5.60. The van der Waals surface area contributed by atoms with Crippen molar-refractivity contribution in [2.75, 3.05) is 6.61 Å². The van der Waals surface area contributed by atoms with E-state index in [0.29, 0.717) is 16.9 Å². The molecule has 6 heteroatoms. The molecule has 0 saturated carbocycles. The van der Waals surface area contributed by atoms with Crippen LogP contribution in [0.3, 0.4) is 0 Å². The summed E-state index contributed by atoms with van der Waals surface area (Å²) in [5.41, 5.74) is 6.97. The highest BCUT2D eigenvalue weighted by molar-refractivity contribution is 5.94. The lowest BCUT2D eigenvalue weighted by Gasteiger charge is -2.22. The predicted octanol–water partition coefficient (Wildman–Crippen LogP) is 0.700. The van der Waals surface area contributed by atoms with Crippen LogP contribution in [-0.4, -0.2) is 17.6 Å². The van der Waals surface area contributed by atoms with E-state index in [2.05, 4.69) is 4.98 Å². The van der Waals surface area contributed by atoms with Crippen LogP contribution in [0.5, 0.6) is 0 Å². The summed E-state index contributed by atoms with van der Waals surface area (Å²) in [4.78, 5) is 15.8. The van der Waals surface area contributed by atoms with Gasteiger partial charge in [0.25, 0.3) is 0 Å². The van der Waals surface area contributed by atoms with Crippen molar-refractivity contribution in [3.63, 3.8) is 0 Å². The number of nitrogens with zero attached hydrogens (tertiary/aromatic N) is 2. The second-order valence-electron chi connectivity index (χ2n) is 4.12. The molecule has 0 spiro atoms. The molecule has 0 saturated heterocycles. The van der Waals surface area contributed by atoms with Crippen molar-refractivity contribution in [3.05, 3.63) is 52.9 Å². The summed E-state index contributed by atoms with van der Waals surface area (Å²) in [6.07, 6.45) is 3.21. The minimum atomic E-state index is -0.572. The fourth-order valence-corrected chi connectivity index (χ4v) is 2.24. The Hall–Kier alpha value is -2.81. The molecule has 0 amide bonds. The van der Waals surface area contributed by atoms with Gasteiger partial charge in [0.05, 0.1) is 11.5 Å². The maximum absolute atomic E-state index is 11.8. The minimum absolute atomic E-state index is 0.00778. The fraction of sp³-hybridized carbons (Fsp3) is 0.154. The first-order valence-corrected chi connectivity index (χ1v) is 5.60. The molecular formula is C13H9N3O3. The Balaban J connectivity index is 2.18. The highest BCUT2D eigenvalue weighted by atomic mass is 16.6. The van der Waals surface area contributed by atoms with Gasteiger partial charge in [-0.25, -0.2) is 4.79 Å². The molecule has 0 fully saturated rings. The lowest BCUT2D eigenvalue weighted by Crippen LogP contribution is -2.21. The quantitative estimate of drug-likeness (QED) is 0.742. The van der Waals surface area contributed by atoms with Gasteiger partial charge in [-0.3, -0.25) is 4.98 Å². The maximum atomic E-state index is 11.8. The lowest BCUT2D eigenvalue weighted by molar-refractivity contribution is -0.136. The van der Waals surface area contributed by atoms with Crippen LogP contribution in [0.25, 0.3) is 0 Å². The number of hydrogen-bond acceptors (Lipinski definition) is 6. The molecule has 0 unspecified atom stereocenters. The van der Waals surface area contributed by atoms with Gasteiger partial charge in [-0.1, -0.05) is 6.07 Å². The van der Waals surface area contributed by atoms with E-state index in [9.17, 15) is 10.1 Å². The van der Waals surface area contributed by atoms with Crippen molar-refractivity contribution in [1.29, 1.82) is 5.26 Å². The number of rotatable bonds is 1. The standard InChI is InChI=1S/C13H9N3O3/c14-4-8-10(7-2-1-3-16-5-7)11-9(19-12(8)15)6-18-13(11)17/h1-3,5,10H,6,15H2/t10-/m0/s1. The van der Waals surface area contributed by atoms with Gasteiger partial charge < -0.3 is 15.2 Å². The van der Waals surface area contributed by atoms with Crippen LogP contribution in [0.1, 0.15) is 11.5 Å². The molecule has 3 heterocycles. The SMILES string of the molecule is N#CC1=C(N)OC2=C(C(=O)OC2)[C@H]1c1cccnc1. The van der Waals surface area contributed by atoms with Gasteiger partial charge in [0.2, 0.25) is 5.88 Å². The zero-order chi connectivity index (χ0) is 13.4. The Morgan fingerprint density at radius 1 is 1.53 bits per heavy atom. The summed E-state index contributed by atoms with van der Waals surface area (Å²) in [5, 5.41) is 9.24. The van der Waals surface area contributed by atoms with Crippen LogP contribution in [0.2, 0.25) is 0 Å². The Kier molecular flexibility index (Phi) is 2.46. The summed E-state index contributed by atoms with van der Waals surface area (Å²) < 4.78 is 10.2. The molecule has 3 rings (SSSR count). The van der Waals surface area contributed by atoms with Gasteiger partial charge in [0, 0.05) is 12.4 Å². The third kappa shape index (κ3) is 1.64. The van der Waals surface area contributed by atoms with Gasteiger partial charge in [0.15, 0.2) is 5.76 Å². The first kappa shape index (κ1) is 11.3. The molecule has 6 nitrogen and oxygen atoms in total. The van der Waals surface area contributed by atoms with Gasteiger partial charge >= 0.3 is 5.97 Å². The molecule has 2 aliphatic heterocycles. The predicted molar refractivity (Wildman–Crippen MR) is 62.9 cm³/mol. The zero-order valence-electron chi connectivity index (χ0n) is 9.79. The summed E-state index contributed by atoms with van der Waals surface area (Å²) in [6.45, 7) is 0.0460. The lowest BCUT2D eigenvalue weighted by atomic mass is 9.84. The van der Waals surface area contributed by atoms with Crippen molar-refractivity contribution < 1.29 is 14.3 Å². The number of nitriles is 1. The van der Waals surface area contributed by atoms with Crippen LogP contribution < -0.4 is 5.73 Å². The molecule has 1 atom stereocenters. The minimum Gasteiger partial charge on any atom is -0.454 e. The Morgan fingerprint density at radius 2 is 2.37 bits per heavy atom. The monoisotopic (exact) mass is 255 g/mol. The molecule has 1 aromatic heterocycles. The molecular weight excluding hydrogens is 246 g/mol. The number of carbonyl (C=O) groups is 1. The molecule has 19 heavy (non-hydrogen) atoms. The number of allylic oxidation sites excluding steroid dienone is 1. The number of cyclic esters (lactones) is 1. The second-order valence-corrected chi connectivity index (χ2v) is 4.12. The highest BCUT2D eigenvalue weighted by Crippen LogP contribution is 2.41. The number of nitrogens with two attached hydrogens (primary N) is 1. The molecule has 0 aliphatic carbocycles. The van der Waals surface area contributed by atoms with Crippen molar-refractivity contribution in [2.24, 2.45) is 5.73 Å². The fourth-order valence-electron chi connectivity index (χ4n) is 2.24. The number of pyridine rings is 1. The van der Waals surface area contributed by atoms with Crippen LogP contribution in [0.4, 0.5) is 0 Å². The van der Waals surface area contributed by atoms with E-state index >= 15 is 0 Å². The maximum Gasteiger partial charge on any atom is 0.339 e. The van der Waals surface area contributed by atoms with Crippen molar-refractivity contribution >= 4 is 5.97 Å².